The minimum atomic E-state index is 0.277. The van der Waals surface area contributed by atoms with Crippen molar-refractivity contribution in [1.82, 2.24) is 0 Å². The predicted molar refractivity (Wildman–Crippen MR) is 60.8 cm³/mol. The number of halogens is 1. The van der Waals surface area contributed by atoms with E-state index in [1.165, 1.54) is 5.56 Å². The van der Waals surface area contributed by atoms with Crippen molar-refractivity contribution in [2.24, 2.45) is 5.73 Å². The molecule has 2 unspecified atom stereocenters. The van der Waals surface area contributed by atoms with Crippen LogP contribution in [0.5, 0.6) is 0 Å². The molecule has 1 rings (SSSR count). The smallest absolute Gasteiger partial charge is 0.0175 e. The summed E-state index contributed by atoms with van der Waals surface area (Å²) in [5.41, 5.74) is 7.11. The van der Waals surface area contributed by atoms with Gasteiger partial charge in [0.25, 0.3) is 0 Å². The maximum Gasteiger partial charge on any atom is 0.0175 e. The van der Waals surface area contributed by atoms with Gasteiger partial charge in [-0.05, 0) is 37.0 Å². The third kappa shape index (κ3) is 3.49. The minimum absolute atomic E-state index is 0.277. The third-order valence-corrected chi connectivity index (χ3v) is 2.69. The molecule has 0 spiro atoms. The molecule has 2 heteroatoms. The van der Waals surface area contributed by atoms with E-state index in [0.717, 1.165) is 10.9 Å². The SMILES string of the molecule is CC(N)CC(C)c1ccc(Br)cc1. The van der Waals surface area contributed by atoms with Gasteiger partial charge < -0.3 is 5.73 Å². The van der Waals surface area contributed by atoms with Crippen LogP contribution in [0.25, 0.3) is 0 Å². The highest BCUT2D eigenvalue weighted by Gasteiger charge is 2.07. The average molecular weight is 242 g/mol. The molecular formula is C11H16BrN. The number of rotatable bonds is 3. The van der Waals surface area contributed by atoms with Gasteiger partial charge in [-0.2, -0.15) is 0 Å². The summed E-state index contributed by atoms with van der Waals surface area (Å²) >= 11 is 3.42. The minimum Gasteiger partial charge on any atom is -0.328 e. The van der Waals surface area contributed by atoms with Crippen LogP contribution in [0.3, 0.4) is 0 Å². The zero-order valence-electron chi connectivity index (χ0n) is 8.13. The van der Waals surface area contributed by atoms with Crippen molar-refractivity contribution in [3.63, 3.8) is 0 Å². The Kier molecular flexibility index (Phi) is 3.94. The summed E-state index contributed by atoms with van der Waals surface area (Å²) < 4.78 is 1.13. The van der Waals surface area contributed by atoms with Crippen LogP contribution in [-0.4, -0.2) is 6.04 Å². The van der Waals surface area contributed by atoms with Crippen LogP contribution >= 0.6 is 15.9 Å². The second kappa shape index (κ2) is 4.77. The van der Waals surface area contributed by atoms with E-state index in [0.29, 0.717) is 5.92 Å². The van der Waals surface area contributed by atoms with Gasteiger partial charge in [-0.3, -0.25) is 0 Å². The first-order valence-corrected chi connectivity index (χ1v) is 5.40. The fraction of sp³-hybridized carbons (Fsp3) is 0.455. The molecule has 2 atom stereocenters. The highest BCUT2D eigenvalue weighted by Crippen LogP contribution is 2.21. The molecule has 0 bridgehead atoms. The molecule has 0 radical (unpaired) electrons. The highest BCUT2D eigenvalue weighted by atomic mass is 79.9. The molecule has 2 N–H and O–H groups in total. The molecule has 0 fully saturated rings. The van der Waals surface area contributed by atoms with Gasteiger partial charge in [0.1, 0.15) is 0 Å². The van der Waals surface area contributed by atoms with E-state index < -0.39 is 0 Å². The fourth-order valence-corrected chi connectivity index (χ4v) is 1.75. The van der Waals surface area contributed by atoms with Gasteiger partial charge in [0.05, 0.1) is 0 Å². The summed E-state index contributed by atoms with van der Waals surface area (Å²) in [4.78, 5) is 0. The summed E-state index contributed by atoms with van der Waals surface area (Å²) in [5, 5.41) is 0. The molecule has 72 valence electrons. The molecule has 0 aromatic heterocycles. The van der Waals surface area contributed by atoms with Gasteiger partial charge >= 0.3 is 0 Å². The van der Waals surface area contributed by atoms with E-state index in [4.69, 9.17) is 5.73 Å². The van der Waals surface area contributed by atoms with Crippen molar-refractivity contribution in [3.05, 3.63) is 34.3 Å². The lowest BCUT2D eigenvalue weighted by molar-refractivity contribution is 0.586. The van der Waals surface area contributed by atoms with Gasteiger partial charge in [0.2, 0.25) is 0 Å². The quantitative estimate of drug-likeness (QED) is 0.864. The van der Waals surface area contributed by atoms with E-state index in [1.807, 2.05) is 0 Å². The monoisotopic (exact) mass is 241 g/mol. The van der Waals surface area contributed by atoms with Gasteiger partial charge in [0.15, 0.2) is 0 Å². The van der Waals surface area contributed by atoms with Crippen LogP contribution in [0.1, 0.15) is 31.7 Å². The molecule has 0 saturated heterocycles. The lowest BCUT2D eigenvalue weighted by atomic mass is 9.95. The van der Waals surface area contributed by atoms with E-state index in [-0.39, 0.29) is 6.04 Å². The number of hydrogen-bond donors (Lipinski definition) is 1. The molecule has 0 heterocycles. The molecule has 0 aliphatic carbocycles. The van der Waals surface area contributed by atoms with Crippen molar-refractivity contribution in [1.29, 1.82) is 0 Å². The van der Waals surface area contributed by atoms with Gasteiger partial charge in [-0.1, -0.05) is 35.0 Å². The summed E-state index contributed by atoms with van der Waals surface area (Å²) in [6, 6.07) is 8.73. The van der Waals surface area contributed by atoms with E-state index in [9.17, 15) is 0 Å². The maximum absolute atomic E-state index is 5.75. The van der Waals surface area contributed by atoms with Crippen LogP contribution in [0.4, 0.5) is 0 Å². The van der Waals surface area contributed by atoms with Crippen molar-refractivity contribution in [2.45, 2.75) is 32.2 Å². The lowest BCUT2D eigenvalue weighted by Crippen LogP contribution is -2.17. The van der Waals surface area contributed by atoms with Crippen LogP contribution in [0.2, 0.25) is 0 Å². The van der Waals surface area contributed by atoms with Crippen molar-refractivity contribution in [2.75, 3.05) is 0 Å². The van der Waals surface area contributed by atoms with Crippen molar-refractivity contribution >= 4 is 15.9 Å². The molecule has 0 aliphatic rings. The second-order valence-electron chi connectivity index (χ2n) is 3.67. The highest BCUT2D eigenvalue weighted by molar-refractivity contribution is 9.10. The zero-order valence-corrected chi connectivity index (χ0v) is 9.71. The maximum atomic E-state index is 5.75. The molecule has 1 nitrogen and oxygen atoms in total. The summed E-state index contributed by atoms with van der Waals surface area (Å²) in [7, 11) is 0. The average Bonchev–Trinajstić information content (AvgIpc) is 2.04. The van der Waals surface area contributed by atoms with Crippen LogP contribution < -0.4 is 5.73 Å². The molecular weight excluding hydrogens is 226 g/mol. The molecule has 0 saturated carbocycles. The normalized spacial score (nSPS) is 15.4. The molecule has 1 aromatic carbocycles. The second-order valence-corrected chi connectivity index (χ2v) is 4.58. The summed E-state index contributed by atoms with van der Waals surface area (Å²) in [6.45, 7) is 4.27. The third-order valence-electron chi connectivity index (χ3n) is 2.16. The standard InChI is InChI=1S/C11H16BrN/c1-8(7-9(2)13)10-3-5-11(12)6-4-10/h3-6,8-9H,7,13H2,1-2H3. The summed E-state index contributed by atoms with van der Waals surface area (Å²) in [6.07, 6.45) is 1.04. The Morgan fingerprint density at radius 2 is 1.77 bits per heavy atom. The Morgan fingerprint density at radius 3 is 2.23 bits per heavy atom. The first-order valence-electron chi connectivity index (χ1n) is 4.60. The molecule has 1 aromatic rings. The predicted octanol–water partition coefficient (Wildman–Crippen LogP) is 3.29. The van der Waals surface area contributed by atoms with E-state index in [2.05, 4.69) is 54.0 Å². The summed E-state index contributed by atoms with van der Waals surface area (Å²) in [5.74, 6) is 0.549. The van der Waals surface area contributed by atoms with Gasteiger partial charge in [-0.15, -0.1) is 0 Å². The van der Waals surface area contributed by atoms with Crippen LogP contribution in [0.15, 0.2) is 28.7 Å². The van der Waals surface area contributed by atoms with Crippen molar-refractivity contribution < 1.29 is 0 Å². The van der Waals surface area contributed by atoms with E-state index in [1.54, 1.807) is 0 Å². The molecule has 13 heavy (non-hydrogen) atoms. The van der Waals surface area contributed by atoms with Crippen molar-refractivity contribution in [3.8, 4) is 0 Å². The number of hydrogen-bond acceptors (Lipinski definition) is 1. The van der Waals surface area contributed by atoms with Crippen LogP contribution in [-0.2, 0) is 0 Å². The van der Waals surface area contributed by atoms with Gasteiger partial charge in [-0.25, -0.2) is 0 Å². The Hall–Kier alpha value is -0.340. The topological polar surface area (TPSA) is 26.0 Å². The molecule has 0 amide bonds. The Bertz CT molecular complexity index is 253. The molecule has 0 aliphatic heterocycles. The van der Waals surface area contributed by atoms with Gasteiger partial charge in [0, 0.05) is 10.5 Å². The zero-order chi connectivity index (χ0) is 9.84. The number of benzene rings is 1. The Morgan fingerprint density at radius 1 is 1.23 bits per heavy atom. The van der Waals surface area contributed by atoms with Crippen LogP contribution in [0, 0.1) is 0 Å². The lowest BCUT2D eigenvalue weighted by Gasteiger charge is -2.14. The fourth-order valence-electron chi connectivity index (χ4n) is 1.49. The Balaban J connectivity index is 2.66. The largest absolute Gasteiger partial charge is 0.328 e. The number of nitrogens with two attached hydrogens (primary N) is 1. The first kappa shape index (κ1) is 10.7. The Labute approximate surface area is 88.5 Å². The first-order chi connectivity index (χ1) is 6.09. The van der Waals surface area contributed by atoms with E-state index >= 15 is 0 Å².